The van der Waals surface area contributed by atoms with Gasteiger partial charge in [0.15, 0.2) is 5.11 Å². The monoisotopic (exact) mass is 599 g/mol. The second kappa shape index (κ2) is 14.6. The van der Waals surface area contributed by atoms with Gasteiger partial charge in [-0.1, -0.05) is 78.9 Å². The van der Waals surface area contributed by atoms with Crippen LogP contribution in [0.25, 0.3) is 10.8 Å². The van der Waals surface area contributed by atoms with Crippen molar-refractivity contribution in [3.63, 3.8) is 0 Å². The molecule has 3 aromatic rings. The Morgan fingerprint density at radius 1 is 0.953 bits per heavy atom. The van der Waals surface area contributed by atoms with Crippen molar-refractivity contribution in [2.75, 3.05) is 20.6 Å². The molecule has 1 aliphatic rings. The largest absolute Gasteiger partial charge is 0.361 e. The summed E-state index contributed by atoms with van der Waals surface area (Å²) >= 11 is 5.53. The Hall–Kier alpha value is -3.75. The third-order valence-electron chi connectivity index (χ3n) is 7.87. The number of nitrogens with one attached hydrogen (secondary N) is 2. The summed E-state index contributed by atoms with van der Waals surface area (Å²) in [7, 11) is 3.53. The molecule has 1 aliphatic carbocycles. The summed E-state index contributed by atoms with van der Waals surface area (Å²) in [6.07, 6.45) is 7.16. The van der Waals surface area contributed by atoms with Crippen LogP contribution in [0.3, 0.4) is 0 Å². The predicted octanol–water partition coefficient (Wildman–Crippen LogP) is 4.59. The molecule has 4 rings (SSSR count). The number of hydrogen-bond donors (Lipinski definition) is 3. The fourth-order valence-corrected chi connectivity index (χ4v) is 5.29. The van der Waals surface area contributed by atoms with Crippen LogP contribution in [-0.2, 0) is 22.4 Å². The lowest BCUT2D eigenvalue weighted by Gasteiger charge is -2.35. The number of hydrogen-bond acceptors (Lipinski definition) is 4. The number of carbonyl (C=O) groups excluding carboxylic acids is 2. The summed E-state index contributed by atoms with van der Waals surface area (Å²) < 4.78 is 0. The van der Waals surface area contributed by atoms with Crippen LogP contribution in [0.1, 0.15) is 44.2 Å². The van der Waals surface area contributed by atoms with Crippen LogP contribution < -0.4 is 16.4 Å². The SMILES string of the molecule is CN(C(=O)[C@@H](Cc1ccc2ccccc2c1)N(C)C(=O)/C=C/CC(C)(C)N)[C@@H](CNC(=S)NC1CC1)Cc1ccccc1. The molecule has 0 radical (unpaired) electrons. The normalized spacial score (nSPS) is 14.7. The molecule has 0 heterocycles. The van der Waals surface area contributed by atoms with Crippen molar-refractivity contribution in [1.29, 1.82) is 0 Å². The highest BCUT2D eigenvalue weighted by molar-refractivity contribution is 7.80. The first-order chi connectivity index (χ1) is 20.5. The van der Waals surface area contributed by atoms with E-state index in [1.807, 2.05) is 57.3 Å². The molecule has 43 heavy (non-hydrogen) atoms. The summed E-state index contributed by atoms with van der Waals surface area (Å²) in [4.78, 5) is 31.1. The van der Waals surface area contributed by atoms with Gasteiger partial charge in [-0.15, -0.1) is 0 Å². The average molecular weight is 600 g/mol. The zero-order valence-corrected chi connectivity index (χ0v) is 26.6. The highest BCUT2D eigenvalue weighted by Crippen LogP contribution is 2.21. The zero-order chi connectivity index (χ0) is 31.0. The van der Waals surface area contributed by atoms with Crippen LogP contribution >= 0.6 is 12.2 Å². The standard InChI is InChI=1S/C35H45N5O2S/c1-35(2,36)20-10-15-32(41)40(4)31(23-26-16-17-27-13-8-9-14-28(27)21-26)33(42)39(3)30(22-25-11-6-5-7-12-25)24-37-34(43)38-29-18-19-29/h5-17,21,29-31H,18-20,22-24,36H2,1-4H3,(H2,37,38,43)/b15-10+/t30-,31-/m1/s1. The van der Waals surface area contributed by atoms with E-state index in [4.69, 9.17) is 18.0 Å². The Bertz CT molecular complexity index is 1430. The molecule has 1 saturated carbocycles. The molecule has 0 aliphatic heterocycles. The number of fused-ring (bicyclic) bond motifs is 1. The molecule has 8 heteroatoms. The van der Waals surface area contributed by atoms with Gasteiger partial charge in [0.2, 0.25) is 11.8 Å². The zero-order valence-electron chi connectivity index (χ0n) is 25.8. The van der Waals surface area contributed by atoms with Gasteiger partial charge in [-0.2, -0.15) is 0 Å². The first kappa shape index (κ1) is 32.2. The Balaban J connectivity index is 1.59. The first-order valence-corrected chi connectivity index (χ1v) is 15.5. The summed E-state index contributed by atoms with van der Waals surface area (Å²) in [5.74, 6) is -0.357. The molecular weight excluding hydrogens is 554 g/mol. The number of thiocarbonyl (C=S) groups is 1. The molecule has 4 N–H and O–H groups in total. The van der Waals surface area contributed by atoms with Crippen molar-refractivity contribution in [1.82, 2.24) is 20.4 Å². The molecule has 0 spiro atoms. The Morgan fingerprint density at radius 3 is 2.30 bits per heavy atom. The second-order valence-corrected chi connectivity index (χ2v) is 12.8. The van der Waals surface area contributed by atoms with Crippen LogP contribution in [0.15, 0.2) is 84.9 Å². The minimum Gasteiger partial charge on any atom is -0.361 e. The number of rotatable bonds is 13. The summed E-state index contributed by atoms with van der Waals surface area (Å²) in [5.41, 5.74) is 7.80. The molecule has 2 atom stereocenters. The van der Waals surface area contributed by atoms with Gasteiger partial charge in [-0.25, -0.2) is 0 Å². The van der Waals surface area contributed by atoms with Gasteiger partial charge in [-0.3, -0.25) is 9.59 Å². The lowest BCUT2D eigenvalue weighted by molar-refractivity contribution is -0.142. The quantitative estimate of drug-likeness (QED) is 0.197. The summed E-state index contributed by atoms with van der Waals surface area (Å²) in [5, 5.41) is 9.49. The van der Waals surface area contributed by atoms with Gasteiger partial charge >= 0.3 is 0 Å². The number of amides is 2. The maximum Gasteiger partial charge on any atom is 0.246 e. The van der Waals surface area contributed by atoms with Gasteiger partial charge in [-0.05, 0) is 79.7 Å². The van der Waals surface area contributed by atoms with Crippen molar-refractivity contribution in [2.24, 2.45) is 5.73 Å². The minimum atomic E-state index is -0.705. The highest BCUT2D eigenvalue weighted by Gasteiger charge is 2.32. The van der Waals surface area contributed by atoms with Crippen molar-refractivity contribution in [3.8, 4) is 0 Å². The molecule has 1 fully saturated rings. The third-order valence-corrected chi connectivity index (χ3v) is 8.13. The van der Waals surface area contributed by atoms with Gasteiger partial charge in [0.05, 0.1) is 6.04 Å². The predicted molar refractivity (Wildman–Crippen MR) is 180 cm³/mol. The van der Waals surface area contributed by atoms with E-state index >= 15 is 0 Å². The Kier molecular flexibility index (Phi) is 10.9. The van der Waals surface area contributed by atoms with Gasteiger partial charge in [0, 0.05) is 38.6 Å². The second-order valence-electron chi connectivity index (χ2n) is 12.4. The molecule has 2 amide bonds. The van der Waals surface area contributed by atoms with E-state index < -0.39 is 11.6 Å². The molecule has 7 nitrogen and oxygen atoms in total. The van der Waals surface area contributed by atoms with Crippen molar-refractivity contribution in [3.05, 3.63) is 96.1 Å². The van der Waals surface area contributed by atoms with Gasteiger partial charge in [0.1, 0.15) is 6.04 Å². The van der Waals surface area contributed by atoms with Crippen LogP contribution in [0.4, 0.5) is 0 Å². The van der Waals surface area contributed by atoms with Crippen molar-refractivity contribution in [2.45, 2.75) is 69.6 Å². The molecule has 0 aromatic heterocycles. The van der Waals surface area contributed by atoms with E-state index in [0.29, 0.717) is 37.0 Å². The fourth-order valence-electron chi connectivity index (χ4n) is 5.04. The van der Waals surface area contributed by atoms with Crippen LogP contribution in [-0.4, -0.2) is 71.0 Å². The molecule has 228 valence electrons. The van der Waals surface area contributed by atoms with E-state index in [9.17, 15) is 9.59 Å². The maximum absolute atomic E-state index is 14.4. The maximum atomic E-state index is 14.4. The smallest absolute Gasteiger partial charge is 0.246 e. The molecule has 0 bridgehead atoms. The Morgan fingerprint density at radius 2 is 1.63 bits per heavy atom. The highest BCUT2D eigenvalue weighted by atomic mass is 32.1. The lowest BCUT2D eigenvalue weighted by Crippen LogP contribution is -2.55. The Labute approximate surface area is 261 Å². The number of likely N-dealkylation sites (N-methyl/N-ethyl adjacent to an activating group) is 2. The van der Waals surface area contributed by atoms with E-state index in [0.717, 1.165) is 34.7 Å². The number of nitrogens with two attached hydrogens (primary N) is 1. The topological polar surface area (TPSA) is 90.7 Å². The fraction of sp³-hybridized carbons (Fsp3) is 0.400. The summed E-state index contributed by atoms with van der Waals surface area (Å²) in [6, 6.07) is 24.0. The van der Waals surface area contributed by atoms with E-state index in [2.05, 4.69) is 47.0 Å². The average Bonchev–Trinajstić information content (AvgIpc) is 3.80. The summed E-state index contributed by atoms with van der Waals surface area (Å²) in [6.45, 7) is 4.32. The van der Waals surface area contributed by atoms with Crippen LogP contribution in [0.2, 0.25) is 0 Å². The third kappa shape index (κ3) is 9.90. The number of carbonyl (C=O) groups is 2. The van der Waals surface area contributed by atoms with Crippen LogP contribution in [0, 0.1) is 0 Å². The van der Waals surface area contributed by atoms with E-state index in [1.54, 1.807) is 22.9 Å². The number of benzene rings is 3. The molecular formula is C35H45N5O2S. The molecule has 3 aromatic carbocycles. The van der Waals surface area contributed by atoms with Gasteiger partial charge < -0.3 is 26.2 Å². The van der Waals surface area contributed by atoms with Crippen LogP contribution in [0.5, 0.6) is 0 Å². The first-order valence-electron chi connectivity index (χ1n) is 15.0. The molecule has 0 unspecified atom stereocenters. The number of nitrogens with zero attached hydrogens (tertiary/aromatic N) is 2. The minimum absolute atomic E-state index is 0.125. The van der Waals surface area contributed by atoms with E-state index in [-0.39, 0.29) is 17.9 Å². The van der Waals surface area contributed by atoms with Crippen molar-refractivity contribution < 1.29 is 9.59 Å². The van der Waals surface area contributed by atoms with E-state index in [1.165, 1.54) is 6.08 Å². The lowest BCUT2D eigenvalue weighted by atomic mass is 9.98. The molecule has 0 saturated heterocycles. The van der Waals surface area contributed by atoms with Gasteiger partial charge in [0.25, 0.3) is 0 Å². The van der Waals surface area contributed by atoms with Crippen molar-refractivity contribution >= 4 is 39.9 Å².